The molecule has 9 rings (SSSR count). The van der Waals surface area contributed by atoms with Crippen molar-refractivity contribution >= 4 is 59.1 Å². The minimum Gasteiger partial charge on any atom is -0.368 e. The van der Waals surface area contributed by atoms with Crippen LogP contribution in [-0.4, -0.2) is 216 Å². The van der Waals surface area contributed by atoms with Gasteiger partial charge in [-0.05, 0) is 116 Å². The molecule has 10 amide bonds. The van der Waals surface area contributed by atoms with Crippen molar-refractivity contribution in [1.29, 1.82) is 0 Å². The Morgan fingerprint density at radius 3 is 0.597 bits per heavy atom. The molecule has 9 aliphatic heterocycles. The Bertz CT molecular complexity index is 1910. The number of carbonyl (C=O) groups excluding carboxylic acids is 10. The summed E-state index contributed by atoms with van der Waals surface area (Å²) >= 11 is 0. The summed E-state index contributed by atoms with van der Waals surface area (Å²) in [5.41, 5.74) is 5.61. The van der Waals surface area contributed by atoms with Crippen LogP contribution >= 0.6 is 0 Å². The van der Waals surface area contributed by atoms with Crippen molar-refractivity contribution < 1.29 is 47.9 Å². The molecule has 20 nitrogen and oxygen atoms in total. The maximum Gasteiger partial charge on any atom is 0.246 e. The van der Waals surface area contributed by atoms with Gasteiger partial charge in [-0.1, -0.05) is 0 Å². The lowest BCUT2D eigenvalue weighted by molar-refractivity contribution is -0.155. The number of primary amides is 1. The molecule has 0 radical (unpaired) electrons. The number of carbonyl (C=O) groups is 10. The first-order chi connectivity index (χ1) is 32.3. The minimum absolute atomic E-state index is 0.164. The average molecular weight is 933 g/mol. The molecule has 9 aliphatic rings. The van der Waals surface area contributed by atoms with Crippen LogP contribution in [0.2, 0.25) is 0 Å². The maximum atomic E-state index is 14.6. The van der Waals surface area contributed by atoms with Crippen LogP contribution in [0.1, 0.15) is 122 Å². The molecule has 366 valence electrons. The standard InChI is InChI=1S/C47H68N10O10/c1-29(58)49-20-3-12-31(49)40(60)51-22-5-14-33(51)42(62)53-24-7-16-35(53)44(64)55-26-9-18-37(55)46(66)57-28-10-19-38(57)47(67)56-27-8-17-36(56)45(65)54-25-6-15-34(54)43(63)52-23-4-13-32(52)41(61)50-21-2-11-30(50)39(48)59/h30-38H,2-28H2,1H3,(H2,48,59)/t30-,31-,32-,33-,34-,35-,36-,37-,38-/m1/s1. The smallest absolute Gasteiger partial charge is 0.246 e. The number of likely N-dealkylation sites (tertiary alicyclic amines) is 9. The lowest BCUT2D eigenvalue weighted by Gasteiger charge is -2.37. The van der Waals surface area contributed by atoms with Gasteiger partial charge in [0.2, 0.25) is 59.1 Å². The second kappa shape index (κ2) is 19.4. The lowest BCUT2D eigenvalue weighted by atomic mass is 10.1. The van der Waals surface area contributed by atoms with Gasteiger partial charge in [0.1, 0.15) is 54.4 Å². The van der Waals surface area contributed by atoms with E-state index < -0.39 is 60.3 Å². The molecule has 9 heterocycles. The third-order valence-corrected chi connectivity index (χ3v) is 16.6. The van der Waals surface area contributed by atoms with Gasteiger partial charge in [0.05, 0.1) is 0 Å². The van der Waals surface area contributed by atoms with E-state index >= 15 is 0 Å². The topological polar surface area (TPSA) is 226 Å². The number of rotatable bonds is 9. The summed E-state index contributed by atoms with van der Waals surface area (Å²) in [7, 11) is 0. The van der Waals surface area contributed by atoms with Crippen molar-refractivity contribution in [3.63, 3.8) is 0 Å². The fourth-order valence-corrected chi connectivity index (χ4v) is 13.3. The van der Waals surface area contributed by atoms with E-state index in [0.29, 0.717) is 168 Å². The molecular weight excluding hydrogens is 865 g/mol. The third kappa shape index (κ3) is 8.52. The van der Waals surface area contributed by atoms with Crippen LogP contribution in [0, 0.1) is 0 Å². The fraction of sp³-hybridized carbons (Fsp3) is 0.787. The molecule has 9 fully saturated rings. The second-order valence-corrected chi connectivity index (χ2v) is 20.3. The van der Waals surface area contributed by atoms with Crippen molar-refractivity contribution in [1.82, 2.24) is 44.1 Å². The Morgan fingerprint density at radius 1 is 0.269 bits per heavy atom. The highest BCUT2D eigenvalue weighted by atomic mass is 16.2. The van der Waals surface area contributed by atoms with E-state index in [4.69, 9.17) is 5.73 Å². The Labute approximate surface area is 391 Å². The van der Waals surface area contributed by atoms with Crippen LogP contribution in [-0.2, 0) is 47.9 Å². The molecule has 0 bridgehead atoms. The summed E-state index contributed by atoms with van der Waals surface area (Å²) in [4.78, 5) is 153. The van der Waals surface area contributed by atoms with Crippen LogP contribution < -0.4 is 5.73 Å². The van der Waals surface area contributed by atoms with E-state index in [9.17, 15) is 47.9 Å². The van der Waals surface area contributed by atoms with E-state index in [1.165, 1.54) is 11.8 Å². The number of hydrogen-bond acceptors (Lipinski definition) is 10. The van der Waals surface area contributed by atoms with Crippen molar-refractivity contribution in [3.05, 3.63) is 0 Å². The zero-order chi connectivity index (χ0) is 47.3. The van der Waals surface area contributed by atoms with Crippen LogP contribution in [0.15, 0.2) is 0 Å². The van der Waals surface area contributed by atoms with Gasteiger partial charge in [-0.25, -0.2) is 0 Å². The predicted octanol–water partition coefficient (Wildman–Crippen LogP) is -0.589. The van der Waals surface area contributed by atoms with Crippen molar-refractivity contribution in [3.8, 4) is 0 Å². The molecule has 0 aromatic heterocycles. The Balaban J connectivity index is 0.835. The zero-order valence-electron chi connectivity index (χ0n) is 39.0. The molecule has 0 aliphatic carbocycles. The number of hydrogen-bond donors (Lipinski definition) is 1. The monoisotopic (exact) mass is 933 g/mol. The first-order valence-corrected chi connectivity index (χ1v) is 25.3. The molecule has 2 N–H and O–H groups in total. The van der Waals surface area contributed by atoms with Gasteiger partial charge >= 0.3 is 0 Å². The lowest BCUT2D eigenvalue weighted by Crippen LogP contribution is -2.59. The first kappa shape index (κ1) is 46.8. The number of nitrogens with two attached hydrogens (primary N) is 1. The van der Waals surface area contributed by atoms with E-state index in [0.717, 1.165) is 6.42 Å². The highest BCUT2D eigenvalue weighted by molar-refractivity contribution is 5.99. The molecule has 67 heavy (non-hydrogen) atoms. The van der Waals surface area contributed by atoms with E-state index in [-0.39, 0.29) is 53.2 Å². The summed E-state index contributed by atoms with van der Waals surface area (Å²) < 4.78 is 0. The average Bonchev–Trinajstić information content (AvgIpc) is 4.19. The molecule has 9 saturated heterocycles. The Morgan fingerprint density at radius 2 is 0.418 bits per heavy atom. The van der Waals surface area contributed by atoms with Gasteiger partial charge < -0.3 is 49.8 Å². The summed E-state index contributed by atoms with van der Waals surface area (Å²) in [6.07, 6.45) is 9.73. The summed E-state index contributed by atoms with van der Waals surface area (Å²) in [5, 5.41) is 0. The summed E-state index contributed by atoms with van der Waals surface area (Å²) in [6.45, 7) is 4.87. The van der Waals surface area contributed by atoms with Crippen molar-refractivity contribution in [2.24, 2.45) is 5.73 Å². The van der Waals surface area contributed by atoms with Gasteiger partial charge in [-0.2, -0.15) is 0 Å². The summed E-state index contributed by atoms with van der Waals surface area (Å²) in [6, 6.07) is -6.68. The largest absolute Gasteiger partial charge is 0.368 e. The van der Waals surface area contributed by atoms with Gasteiger partial charge in [0, 0.05) is 65.8 Å². The summed E-state index contributed by atoms with van der Waals surface area (Å²) in [5.74, 6) is -3.01. The zero-order valence-corrected chi connectivity index (χ0v) is 39.0. The van der Waals surface area contributed by atoms with Crippen LogP contribution in [0.5, 0.6) is 0 Å². The molecule has 0 saturated carbocycles. The van der Waals surface area contributed by atoms with Gasteiger partial charge in [0.15, 0.2) is 0 Å². The first-order valence-electron chi connectivity index (χ1n) is 25.3. The van der Waals surface area contributed by atoms with E-state index in [2.05, 4.69) is 0 Å². The van der Waals surface area contributed by atoms with Crippen LogP contribution in [0.25, 0.3) is 0 Å². The highest BCUT2D eigenvalue weighted by Crippen LogP contribution is 2.35. The molecule has 0 aromatic rings. The maximum absolute atomic E-state index is 14.6. The molecular formula is C47H68N10O10. The van der Waals surface area contributed by atoms with Gasteiger partial charge in [-0.3, -0.25) is 47.9 Å². The van der Waals surface area contributed by atoms with Crippen molar-refractivity contribution in [2.45, 2.75) is 177 Å². The van der Waals surface area contributed by atoms with Gasteiger partial charge in [-0.15, -0.1) is 0 Å². The number of nitrogens with zero attached hydrogens (tertiary/aromatic N) is 9. The normalized spacial score (nSPS) is 32.1. The molecule has 0 unspecified atom stereocenters. The van der Waals surface area contributed by atoms with Crippen LogP contribution in [0.4, 0.5) is 0 Å². The Hall–Kier alpha value is -5.30. The van der Waals surface area contributed by atoms with E-state index in [1.54, 1.807) is 39.2 Å². The number of amides is 10. The highest BCUT2D eigenvalue weighted by Gasteiger charge is 2.52. The quantitative estimate of drug-likeness (QED) is 0.309. The third-order valence-electron chi connectivity index (χ3n) is 16.6. The Kier molecular flexibility index (Phi) is 13.5. The minimum atomic E-state index is -0.810. The van der Waals surface area contributed by atoms with Crippen LogP contribution in [0.3, 0.4) is 0 Å². The van der Waals surface area contributed by atoms with Gasteiger partial charge in [0.25, 0.3) is 0 Å². The predicted molar refractivity (Wildman–Crippen MR) is 237 cm³/mol. The molecule has 9 atom stereocenters. The molecule has 0 spiro atoms. The molecule has 20 heteroatoms. The van der Waals surface area contributed by atoms with E-state index in [1.807, 2.05) is 0 Å². The molecule has 0 aromatic carbocycles. The second-order valence-electron chi connectivity index (χ2n) is 20.3. The fourth-order valence-electron chi connectivity index (χ4n) is 13.3. The van der Waals surface area contributed by atoms with Crippen molar-refractivity contribution in [2.75, 3.05) is 58.9 Å². The SMILES string of the molecule is CC(=O)N1CCC[C@@H]1C(=O)N1CCC[C@@H]1C(=O)N1CCC[C@@H]1C(=O)N1CCC[C@@H]1C(=O)N1CCC[C@@H]1C(=O)N1CCC[C@@H]1C(=O)N1CCC[C@@H]1C(=O)N1CCC[C@@H]1C(=O)N1CCC[C@@H]1C(N)=O.